The number of amides is 1. The second-order valence-electron chi connectivity index (χ2n) is 7.51. The van der Waals surface area contributed by atoms with Crippen molar-refractivity contribution >= 4 is 34.2 Å². The van der Waals surface area contributed by atoms with E-state index < -0.39 is 0 Å². The van der Waals surface area contributed by atoms with Gasteiger partial charge in [-0.2, -0.15) is 0 Å². The van der Waals surface area contributed by atoms with E-state index in [1.807, 2.05) is 32.0 Å². The highest BCUT2D eigenvalue weighted by atomic mass is 35.5. The van der Waals surface area contributed by atoms with Crippen LogP contribution < -0.4 is 4.90 Å². The Hall–Kier alpha value is -3.32. The second-order valence-corrected chi connectivity index (χ2v) is 7.91. The molecule has 0 bridgehead atoms. The fourth-order valence-electron chi connectivity index (χ4n) is 4.15. The molecule has 2 aromatic carbocycles. The molecule has 0 unspecified atom stereocenters. The zero-order valence-electron chi connectivity index (χ0n) is 16.4. The van der Waals surface area contributed by atoms with E-state index in [2.05, 4.69) is 10.1 Å². The van der Waals surface area contributed by atoms with Crippen LogP contribution >= 0.6 is 11.6 Å². The standard InChI is InChI=1S/C22H19ClN4O3/c1-11-21(12(2)30-26-11)13-3-5-16-17(9-13)25-22(24-16)18-6-8-20(29)27(18)14-4-7-19(28)15(23)10-14/h3-5,7,9-10,18,28H,6,8H2,1-2H3,(H,24,25)/t18-/m0/s1. The maximum atomic E-state index is 12.6. The number of imidazole rings is 1. The number of nitrogens with one attached hydrogen (secondary N) is 1. The van der Waals surface area contributed by atoms with Crippen LogP contribution in [-0.4, -0.2) is 26.1 Å². The van der Waals surface area contributed by atoms with Crippen LogP contribution in [0.2, 0.25) is 5.02 Å². The summed E-state index contributed by atoms with van der Waals surface area (Å²) in [6.45, 7) is 3.81. The Labute approximate surface area is 177 Å². The number of aromatic nitrogens is 3. The predicted octanol–water partition coefficient (Wildman–Crippen LogP) is 5.06. The normalized spacial score (nSPS) is 16.7. The van der Waals surface area contributed by atoms with Crippen molar-refractivity contribution in [3.63, 3.8) is 0 Å². The first-order valence-electron chi connectivity index (χ1n) is 9.66. The molecule has 7 nitrogen and oxygen atoms in total. The summed E-state index contributed by atoms with van der Waals surface area (Å²) in [4.78, 5) is 22.4. The van der Waals surface area contributed by atoms with Crippen LogP contribution in [0.25, 0.3) is 22.2 Å². The molecule has 0 saturated carbocycles. The molecule has 1 atom stereocenters. The van der Waals surface area contributed by atoms with E-state index in [1.165, 1.54) is 6.07 Å². The van der Waals surface area contributed by atoms with Gasteiger partial charge < -0.3 is 19.5 Å². The van der Waals surface area contributed by atoms with Gasteiger partial charge in [0.1, 0.15) is 17.3 Å². The van der Waals surface area contributed by atoms with E-state index >= 15 is 0 Å². The van der Waals surface area contributed by atoms with Crippen molar-refractivity contribution in [1.29, 1.82) is 0 Å². The summed E-state index contributed by atoms with van der Waals surface area (Å²) >= 11 is 6.07. The number of hydrogen-bond acceptors (Lipinski definition) is 5. The van der Waals surface area contributed by atoms with Crippen LogP contribution in [0.4, 0.5) is 5.69 Å². The Morgan fingerprint density at radius 1 is 1.23 bits per heavy atom. The lowest BCUT2D eigenvalue weighted by Gasteiger charge is -2.23. The second kappa shape index (κ2) is 6.88. The van der Waals surface area contributed by atoms with Crippen LogP contribution in [0.3, 0.4) is 0 Å². The lowest BCUT2D eigenvalue weighted by Crippen LogP contribution is -2.27. The molecule has 1 aliphatic rings. The Balaban J connectivity index is 1.55. The summed E-state index contributed by atoms with van der Waals surface area (Å²) in [6, 6.07) is 10.5. The van der Waals surface area contributed by atoms with E-state index in [1.54, 1.807) is 17.0 Å². The summed E-state index contributed by atoms with van der Waals surface area (Å²) < 4.78 is 5.29. The zero-order chi connectivity index (χ0) is 21.0. The highest BCUT2D eigenvalue weighted by Gasteiger charge is 2.35. The van der Waals surface area contributed by atoms with Gasteiger partial charge in [-0.1, -0.05) is 22.8 Å². The highest BCUT2D eigenvalue weighted by molar-refractivity contribution is 6.32. The summed E-state index contributed by atoms with van der Waals surface area (Å²) in [5.41, 5.74) is 5.16. The molecule has 1 aliphatic heterocycles. The fourth-order valence-corrected chi connectivity index (χ4v) is 4.32. The highest BCUT2D eigenvalue weighted by Crippen LogP contribution is 2.39. The number of rotatable bonds is 3. The number of carbonyl (C=O) groups excluding carboxylic acids is 1. The summed E-state index contributed by atoms with van der Waals surface area (Å²) in [5.74, 6) is 1.47. The van der Waals surface area contributed by atoms with Crippen LogP contribution in [0, 0.1) is 13.8 Å². The molecule has 0 aliphatic carbocycles. The predicted molar refractivity (Wildman–Crippen MR) is 114 cm³/mol. The number of carbonyl (C=O) groups is 1. The fraction of sp³-hybridized carbons (Fsp3) is 0.227. The molecule has 2 N–H and O–H groups in total. The third-order valence-corrected chi connectivity index (χ3v) is 5.86. The molecule has 4 aromatic rings. The van der Waals surface area contributed by atoms with Crippen molar-refractivity contribution < 1.29 is 14.4 Å². The zero-order valence-corrected chi connectivity index (χ0v) is 17.2. The molecule has 5 rings (SSSR count). The van der Waals surface area contributed by atoms with Gasteiger partial charge in [-0.15, -0.1) is 0 Å². The van der Waals surface area contributed by atoms with Crippen molar-refractivity contribution in [2.45, 2.75) is 32.7 Å². The number of phenols is 1. The van der Waals surface area contributed by atoms with Gasteiger partial charge in [-0.25, -0.2) is 4.98 Å². The lowest BCUT2D eigenvalue weighted by atomic mass is 10.0. The van der Waals surface area contributed by atoms with E-state index in [0.717, 1.165) is 39.4 Å². The monoisotopic (exact) mass is 422 g/mol. The topological polar surface area (TPSA) is 95.2 Å². The lowest BCUT2D eigenvalue weighted by molar-refractivity contribution is -0.117. The van der Waals surface area contributed by atoms with Crippen molar-refractivity contribution in [2.75, 3.05) is 4.90 Å². The largest absolute Gasteiger partial charge is 0.506 e. The van der Waals surface area contributed by atoms with Gasteiger partial charge in [0.05, 0.1) is 27.8 Å². The molecule has 0 spiro atoms. The number of benzene rings is 2. The molecule has 152 valence electrons. The summed E-state index contributed by atoms with van der Waals surface area (Å²) in [5, 5.41) is 13.9. The minimum absolute atomic E-state index is 0.00128. The van der Waals surface area contributed by atoms with E-state index in [4.69, 9.17) is 21.1 Å². The van der Waals surface area contributed by atoms with Crippen LogP contribution in [0.15, 0.2) is 40.9 Å². The first-order valence-corrected chi connectivity index (χ1v) is 10.0. The van der Waals surface area contributed by atoms with E-state index in [9.17, 15) is 9.90 Å². The molecular formula is C22H19ClN4O3. The molecule has 3 heterocycles. The van der Waals surface area contributed by atoms with Gasteiger partial charge in [0.2, 0.25) is 5.91 Å². The SMILES string of the molecule is Cc1noc(C)c1-c1ccc2nc([C@@H]3CCC(=O)N3c3ccc(O)c(Cl)c3)[nH]c2c1. The molecule has 1 fully saturated rings. The number of H-pyrrole nitrogens is 1. The van der Waals surface area contributed by atoms with Crippen LogP contribution in [0.1, 0.15) is 36.2 Å². The van der Waals surface area contributed by atoms with Crippen LogP contribution in [-0.2, 0) is 4.79 Å². The Morgan fingerprint density at radius 3 is 2.80 bits per heavy atom. The minimum Gasteiger partial charge on any atom is -0.506 e. The molecule has 8 heteroatoms. The number of fused-ring (bicyclic) bond motifs is 1. The quantitative estimate of drug-likeness (QED) is 0.481. The molecule has 1 amide bonds. The van der Waals surface area contributed by atoms with Crippen molar-refractivity contribution in [2.24, 2.45) is 0 Å². The molecule has 2 aromatic heterocycles. The Kier molecular flexibility index (Phi) is 4.29. The van der Waals surface area contributed by atoms with E-state index in [0.29, 0.717) is 18.5 Å². The first-order chi connectivity index (χ1) is 14.4. The minimum atomic E-state index is -0.229. The number of aromatic amines is 1. The third-order valence-electron chi connectivity index (χ3n) is 5.56. The number of anilines is 1. The third kappa shape index (κ3) is 2.93. The van der Waals surface area contributed by atoms with Gasteiger partial charge in [0.25, 0.3) is 0 Å². The molecule has 1 saturated heterocycles. The van der Waals surface area contributed by atoms with Crippen LogP contribution in [0.5, 0.6) is 5.75 Å². The molecular weight excluding hydrogens is 404 g/mol. The number of aryl methyl sites for hydroxylation is 2. The van der Waals surface area contributed by atoms with Gasteiger partial charge in [0.15, 0.2) is 0 Å². The number of hydrogen-bond donors (Lipinski definition) is 2. The van der Waals surface area contributed by atoms with Crippen molar-refractivity contribution in [3.05, 3.63) is 58.7 Å². The number of nitrogens with zero attached hydrogens (tertiary/aromatic N) is 3. The van der Waals surface area contributed by atoms with Gasteiger partial charge in [-0.3, -0.25) is 4.79 Å². The summed E-state index contributed by atoms with van der Waals surface area (Å²) in [6.07, 6.45) is 1.07. The molecule has 0 radical (unpaired) electrons. The van der Waals surface area contributed by atoms with Gasteiger partial charge in [0, 0.05) is 17.7 Å². The maximum absolute atomic E-state index is 12.6. The smallest absolute Gasteiger partial charge is 0.227 e. The first kappa shape index (κ1) is 18.7. The maximum Gasteiger partial charge on any atom is 0.227 e. The Morgan fingerprint density at radius 2 is 2.07 bits per heavy atom. The van der Waals surface area contributed by atoms with Crippen molar-refractivity contribution in [3.8, 4) is 16.9 Å². The van der Waals surface area contributed by atoms with Gasteiger partial charge >= 0.3 is 0 Å². The van der Waals surface area contributed by atoms with Crippen molar-refractivity contribution in [1.82, 2.24) is 15.1 Å². The average molecular weight is 423 g/mol. The van der Waals surface area contributed by atoms with E-state index in [-0.39, 0.29) is 22.7 Å². The van der Waals surface area contributed by atoms with Gasteiger partial charge in [-0.05, 0) is 56.2 Å². The number of aromatic hydroxyl groups is 1. The number of phenolic OH excluding ortho intramolecular Hbond substituents is 1. The number of halogens is 1. The Bertz CT molecular complexity index is 1270. The summed E-state index contributed by atoms with van der Waals surface area (Å²) in [7, 11) is 0. The molecule has 30 heavy (non-hydrogen) atoms. The average Bonchev–Trinajstić information content (AvgIpc) is 3.40.